The number of likely N-dealkylation sites (N-methyl/N-ethyl adjacent to an activating group) is 1. The van der Waals surface area contributed by atoms with Crippen molar-refractivity contribution in [2.45, 2.75) is 25.0 Å². The largest absolute Gasteiger partial charge is 0.481 e. The average molecular weight is 241 g/mol. The monoisotopic (exact) mass is 241 g/mol. The molecule has 0 aliphatic rings. The fourth-order valence-electron chi connectivity index (χ4n) is 1.63. The van der Waals surface area contributed by atoms with Crippen molar-refractivity contribution in [1.29, 1.82) is 0 Å². The molecule has 5 heteroatoms. The van der Waals surface area contributed by atoms with Gasteiger partial charge in [-0.15, -0.1) is 0 Å². The van der Waals surface area contributed by atoms with Crippen molar-refractivity contribution in [3.05, 3.63) is 35.6 Å². The summed E-state index contributed by atoms with van der Waals surface area (Å²) in [5.74, 6) is -1.27. The Morgan fingerprint density at radius 1 is 1.41 bits per heavy atom. The number of halogens is 1. The number of carboxylic acids is 1. The lowest BCUT2D eigenvalue weighted by atomic mass is 9.98. The molecular formula is C12H16FNO3. The third-order valence-electron chi connectivity index (χ3n) is 2.63. The van der Waals surface area contributed by atoms with Gasteiger partial charge in [0.1, 0.15) is 5.82 Å². The second-order valence-corrected chi connectivity index (χ2v) is 3.82. The number of hydrogen-bond acceptors (Lipinski definition) is 3. The smallest absolute Gasteiger partial charge is 0.303 e. The van der Waals surface area contributed by atoms with Gasteiger partial charge in [-0.1, -0.05) is 12.1 Å². The second kappa shape index (κ2) is 6.32. The fourth-order valence-corrected chi connectivity index (χ4v) is 1.63. The van der Waals surface area contributed by atoms with Gasteiger partial charge in [0, 0.05) is 12.5 Å². The molecule has 0 radical (unpaired) electrons. The Balaban J connectivity index is 2.68. The van der Waals surface area contributed by atoms with Crippen molar-refractivity contribution >= 4 is 5.97 Å². The van der Waals surface area contributed by atoms with E-state index in [1.165, 1.54) is 24.3 Å². The Kier molecular flexibility index (Phi) is 5.06. The summed E-state index contributed by atoms with van der Waals surface area (Å²) in [5.41, 5.74) is 0.566. The van der Waals surface area contributed by atoms with Gasteiger partial charge in [-0.25, -0.2) is 4.39 Å². The Hall–Kier alpha value is -1.46. The lowest BCUT2D eigenvalue weighted by Crippen LogP contribution is -2.32. The molecule has 2 atom stereocenters. The lowest BCUT2D eigenvalue weighted by molar-refractivity contribution is -0.137. The summed E-state index contributed by atoms with van der Waals surface area (Å²) in [7, 11) is 1.65. The van der Waals surface area contributed by atoms with Crippen LogP contribution in [0.15, 0.2) is 24.3 Å². The molecular weight excluding hydrogens is 225 g/mol. The zero-order valence-electron chi connectivity index (χ0n) is 9.56. The topological polar surface area (TPSA) is 69.6 Å². The predicted octanol–water partition coefficient (Wildman–Crippen LogP) is 1.31. The van der Waals surface area contributed by atoms with E-state index in [4.69, 9.17) is 5.11 Å². The molecule has 0 heterocycles. The van der Waals surface area contributed by atoms with Crippen LogP contribution in [0.25, 0.3) is 0 Å². The summed E-state index contributed by atoms with van der Waals surface area (Å²) in [6.07, 6.45) is -0.561. The highest BCUT2D eigenvalue weighted by molar-refractivity contribution is 5.66. The number of carboxylic acid groups (broad SMARTS) is 1. The molecule has 1 aromatic rings. The van der Waals surface area contributed by atoms with Gasteiger partial charge in [0.05, 0.1) is 6.10 Å². The van der Waals surface area contributed by atoms with Gasteiger partial charge in [0.2, 0.25) is 0 Å². The Morgan fingerprint density at radius 3 is 2.47 bits per heavy atom. The zero-order chi connectivity index (χ0) is 12.8. The van der Waals surface area contributed by atoms with E-state index in [1.807, 2.05) is 0 Å². The van der Waals surface area contributed by atoms with E-state index in [1.54, 1.807) is 7.05 Å². The summed E-state index contributed by atoms with van der Waals surface area (Å²) in [6, 6.07) is 5.15. The zero-order valence-corrected chi connectivity index (χ0v) is 9.56. The molecule has 0 aromatic heterocycles. The van der Waals surface area contributed by atoms with E-state index in [0.29, 0.717) is 12.0 Å². The molecule has 4 nitrogen and oxygen atoms in total. The van der Waals surface area contributed by atoms with Crippen LogP contribution in [0.3, 0.4) is 0 Å². The molecule has 0 aliphatic carbocycles. The van der Waals surface area contributed by atoms with E-state index in [0.717, 1.165) is 0 Å². The lowest BCUT2D eigenvalue weighted by Gasteiger charge is -2.22. The molecule has 1 rings (SSSR count). The van der Waals surface area contributed by atoms with Crippen LogP contribution >= 0.6 is 0 Å². The van der Waals surface area contributed by atoms with E-state index >= 15 is 0 Å². The quantitative estimate of drug-likeness (QED) is 0.702. The molecule has 0 amide bonds. The highest BCUT2D eigenvalue weighted by Gasteiger charge is 2.19. The first-order valence-electron chi connectivity index (χ1n) is 5.37. The molecule has 0 saturated heterocycles. The number of nitrogens with one attached hydrogen (secondary N) is 1. The van der Waals surface area contributed by atoms with E-state index in [9.17, 15) is 14.3 Å². The van der Waals surface area contributed by atoms with E-state index in [-0.39, 0.29) is 18.3 Å². The van der Waals surface area contributed by atoms with Crippen molar-refractivity contribution in [3.63, 3.8) is 0 Å². The molecule has 0 spiro atoms. The van der Waals surface area contributed by atoms with Gasteiger partial charge in [-0.2, -0.15) is 0 Å². The summed E-state index contributed by atoms with van der Waals surface area (Å²) in [6.45, 7) is 0. The average Bonchev–Trinajstić information content (AvgIpc) is 2.30. The van der Waals surface area contributed by atoms with Crippen LogP contribution in [0.4, 0.5) is 4.39 Å². The number of hydrogen-bond donors (Lipinski definition) is 3. The summed E-state index contributed by atoms with van der Waals surface area (Å²) in [4.78, 5) is 10.5. The van der Waals surface area contributed by atoms with Gasteiger partial charge in [0.15, 0.2) is 0 Å². The Bertz CT molecular complexity index is 367. The van der Waals surface area contributed by atoms with Crippen LogP contribution in [-0.2, 0) is 4.79 Å². The summed E-state index contributed by atoms with van der Waals surface area (Å²) >= 11 is 0. The van der Waals surface area contributed by atoms with Crippen LogP contribution in [0.1, 0.15) is 24.5 Å². The summed E-state index contributed by atoms with van der Waals surface area (Å²) < 4.78 is 12.7. The standard InChI is InChI=1S/C12H16FNO3/c1-14-10(6-7-11(15)16)12(17)8-2-4-9(13)5-3-8/h2-5,10,12,14,17H,6-7H2,1H3,(H,15,16). The minimum absolute atomic E-state index is 0.0240. The number of aliphatic hydroxyl groups is 1. The fraction of sp³-hybridized carbons (Fsp3) is 0.417. The molecule has 94 valence electrons. The number of aliphatic carboxylic acids is 1. The molecule has 17 heavy (non-hydrogen) atoms. The van der Waals surface area contributed by atoms with E-state index in [2.05, 4.69) is 5.32 Å². The first kappa shape index (κ1) is 13.6. The molecule has 0 fully saturated rings. The van der Waals surface area contributed by atoms with Gasteiger partial charge in [0.25, 0.3) is 0 Å². The number of rotatable bonds is 6. The molecule has 0 saturated carbocycles. The molecule has 1 aromatic carbocycles. The maximum absolute atomic E-state index is 12.7. The first-order valence-corrected chi connectivity index (χ1v) is 5.37. The molecule has 2 unspecified atom stereocenters. The molecule has 3 N–H and O–H groups in total. The van der Waals surface area contributed by atoms with Crippen molar-refractivity contribution in [2.24, 2.45) is 0 Å². The minimum atomic E-state index is -0.906. The normalized spacial score (nSPS) is 14.3. The highest BCUT2D eigenvalue weighted by atomic mass is 19.1. The van der Waals surface area contributed by atoms with Crippen LogP contribution in [0.5, 0.6) is 0 Å². The van der Waals surface area contributed by atoms with Crippen LogP contribution in [0.2, 0.25) is 0 Å². The summed E-state index contributed by atoms with van der Waals surface area (Å²) in [5, 5.41) is 21.5. The van der Waals surface area contributed by atoms with Crippen molar-refractivity contribution in [2.75, 3.05) is 7.05 Å². The van der Waals surface area contributed by atoms with Crippen LogP contribution in [-0.4, -0.2) is 29.3 Å². The SMILES string of the molecule is CNC(CCC(=O)O)C(O)c1ccc(F)cc1. The second-order valence-electron chi connectivity index (χ2n) is 3.82. The van der Waals surface area contributed by atoms with Gasteiger partial charge in [-0.3, -0.25) is 4.79 Å². The van der Waals surface area contributed by atoms with Crippen LogP contribution < -0.4 is 5.32 Å². The van der Waals surface area contributed by atoms with Gasteiger partial charge < -0.3 is 15.5 Å². The number of benzene rings is 1. The minimum Gasteiger partial charge on any atom is -0.481 e. The maximum atomic E-state index is 12.7. The van der Waals surface area contributed by atoms with Crippen LogP contribution in [0, 0.1) is 5.82 Å². The first-order chi connectivity index (χ1) is 8.04. The van der Waals surface area contributed by atoms with Crippen molar-refractivity contribution in [1.82, 2.24) is 5.32 Å². The number of aliphatic hydroxyl groups excluding tert-OH is 1. The third kappa shape index (κ3) is 4.13. The Labute approximate surface area is 99.1 Å². The predicted molar refractivity (Wildman–Crippen MR) is 61.1 cm³/mol. The van der Waals surface area contributed by atoms with Gasteiger partial charge >= 0.3 is 5.97 Å². The van der Waals surface area contributed by atoms with E-state index < -0.39 is 12.1 Å². The Morgan fingerprint density at radius 2 is 2.00 bits per heavy atom. The third-order valence-corrected chi connectivity index (χ3v) is 2.63. The number of carbonyl (C=O) groups is 1. The molecule has 0 bridgehead atoms. The maximum Gasteiger partial charge on any atom is 0.303 e. The highest BCUT2D eigenvalue weighted by Crippen LogP contribution is 2.20. The van der Waals surface area contributed by atoms with Crippen molar-refractivity contribution in [3.8, 4) is 0 Å². The van der Waals surface area contributed by atoms with Crippen molar-refractivity contribution < 1.29 is 19.4 Å². The molecule has 0 aliphatic heterocycles. The van der Waals surface area contributed by atoms with Gasteiger partial charge in [-0.05, 0) is 31.2 Å².